The molecule has 0 radical (unpaired) electrons. The molecule has 0 saturated heterocycles. The lowest BCUT2D eigenvalue weighted by Crippen LogP contribution is -2.01. The average Bonchev–Trinajstić information content (AvgIpc) is 2.94. The zero-order valence-electron chi connectivity index (χ0n) is 13.4. The van der Waals surface area contributed by atoms with Crippen molar-refractivity contribution in [1.82, 2.24) is 14.5 Å². The van der Waals surface area contributed by atoms with Crippen LogP contribution in [0.5, 0.6) is 0 Å². The van der Waals surface area contributed by atoms with Crippen LogP contribution < -0.4 is 0 Å². The van der Waals surface area contributed by atoms with Crippen molar-refractivity contribution in [3.8, 4) is 5.69 Å². The Balaban J connectivity index is 2.33. The van der Waals surface area contributed by atoms with Crippen LogP contribution in [0, 0.1) is 5.82 Å². The van der Waals surface area contributed by atoms with Crippen LogP contribution in [0.3, 0.4) is 0 Å². The van der Waals surface area contributed by atoms with Crippen molar-refractivity contribution < 1.29 is 9.18 Å². The van der Waals surface area contributed by atoms with E-state index in [1.807, 2.05) is 23.6 Å². The molecule has 0 aliphatic carbocycles. The molecule has 3 rings (SSSR count). The summed E-state index contributed by atoms with van der Waals surface area (Å²) < 4.78 is 15.2. The monoisotopic (exact) mass is 321 g/mol. The maximum Gasteiger partial charge on any atom is 0.153 e. The van der Waals surface area contributed by atoms with E-state index in [-0.39, 0.29) is 11.6 Å². The zero-order valence-corrected chi connectivity index (χ0v) is 13.4. The zero-order chi connectivity index (χ0) is 17.1. The average molecular weight is 321 g/mol. The number of aromatic nitrogens is 3. The van der Waals surface area contributed by atoms with Crippen LogP contribution in [-0.2, 0) is 4.79 Å². The number of allylic oxidation sites excluding steroid dienone is 4. The van der Waals surface area contributed by atoms with Crippen LogP contribution >= 0.6 is 0 Å². The highest BCUT2D eigenvalue weighted by Gasteiger charge is 2.15. The second-order valence-corrected chi connectivity index (χ2v) is 5.32. The Hall–Kier alpha value is -3.08. The predicted octanol–water partition coefficient (Wildman–Crippen LogP) is 4.11. The van der Waals surface area contributed by atoms with Gasteiger partial charge in [-0.1, -0.05) is 12.2 Å². The maximum atomic E-state index is 13.3. The first-order valence-corrected chi connectivity index (χ1v) is 7.54. The summed E-state index contributed by atoms with van der Waals surface area (Å²) in [6.45, 7) is 3.37. The van der Waals surface area contributed by atoms with E-state index >= 15 is 0 Å². The van der Waals surface area contributed by atoms with Crippen LogP contribution in [0.2, 0.25) is 0 Å². The van der Waals surface area contributed by atoms with Crippen molar-refractivity contribution in [2.75, 3.05) is 0 Å². The number of pyridine rings is 1. The third-order valence-electron chi connectivity index (χ3n) is 3.50. The molecular weight excluding hydrogens is 305 g/mol. The molecular formula is C19H16FN3O. The summed E-state index contributed by atoms with van der Waals surface area (Å²) in [5.74, 6) is 0.229. The summed E-state index contributed by atoms with van der Waals surface area (Å²) in [4.78, 5) is 20.4. The first-order chi connectivity index (χ1) is 11.6. The SMILES string of the molecule is C/C=C\C(=C/C(C)=O)c1nc2ccncc2n1-c1ccc(F)cc1. The highest BCUT2D eigenvalue weighted by Crippen LogP contribution is 2.26. The Morgan fingerprint density at radius 2 is 1.96 bits per heavy atom. The standard InChI is InChI=1S/C19H16FN3O/c1-3-4-14(11-13(2)24)19-22-17-9-10-21-12-18(17)23(19)16-7-5-15(20)6-8-16/h3-12H,1-2H3/b4-3-,14-11+. The van der Waals surface area contributed by atoms with Gasteiger partial charge in [0, 0.05) is 17.5 Å². The van der Waals surface area contributed by atoms with Crippen LogP contribution in [-0.4, -0.2) is 20.3 Å². The van der Waals surface area contributed by atoms with E-state index in [2.05, 4.69) is 9.97 Å². The van der Waals surface area contributed by atoms with Gasteiger partial charge in [-0.2, -0.15) is 0 Å². The number of halogens is 1. The molecule has 120 valence electrons. The number of imidazole rings is 1. The maximum absolute atomic E-state index is 13.3. The molecule has 4 nitrogen and oxygen atoms in total. The van der Waals surface area contributed by atoms with Gasteiger partial charge >= 0.3 is 0 Å². The number of hydrogen-bond donors (Lipinski definition) is 0. The molecule has 0 spiro atoms. The van der Waals surface area contributed by atoms with Gasteiger partial charge in [0.15, 0.2) is 5.78 Å². The van der Waals surface area contributed by atoms with E-state index in [0.717, 1.165) is 16.7 Å². The van der Waals surface area contributed by atoms with Crippen LogP contribution in [0.1, 0.15) is 19.7 Å². The fraction of sp³-hybridized carbons (Fsp3) is 0.105. The van der Waals surface area contributed by atoms with E-state index in [9.17, 15) is 9.18 Å². The number of benzene rings is 1. The minimum atomic E-state index is -0.309. The highest BCUT2D eigenvalue weighted by molar-refractivity contribution is 5.97. The topological polar surface area (TPSA) is 47.8 Å². The van der Waals surface area contributed by atoms with E-state index in [1.54, 1.807) is 30.6 Å². The lowest BCUT2D eigenvalue weighted by molar-refractivity contribution is -0.112. The molecule has 0 aliphatic heterocycles. The second kappa shape index (κ2) is 6.58. The quantitative estimate of drug-likeness (QED) is 0.537. The van der Waals surface area contributed by atoms with Crippen molar-refractivity contribution >= 4 is 22.4 Å². The van der Waals surface area contributed by atoms with Crippen molar-refractivity contribution in [3.63, 3.8) is 0 Å². The van der Waals surface area contributed by atoms with Crippen molar-refractivity contribution in [3.05, 3.63) is 72.6 Å². The number of carbonyl (C=O) groups is 1. The molecule has 0 fully saturated rings. The molecule has 0 N–H and O–H groups in total. The van der Waals surface area contributed by atoms with Gasteiger partial charge in [-0.3, -0.25) is 14.3 Å². The summed E-state index contributed by atoms with van der Waals surface area (Å²) in [5, 5.41) is 0. The van der Waals surface area contributed by atoms with Crippen molar-refractivity contribution in [2.24, 2.45) is 0 Å². The first-order valence-electron chi connectivity index (χ1n) is 7.54. The van der Waals surface area contributed by atoms with Crippen molar-refractivity contribution in [1.29, 1.82) is 0 Å². The minimum Gasteiger partial charge on any atom is -0.295 e. The molecule has 0 saturated carbocycles. The van der Waals surface area contributed by atoms with E-state index in [0.29, 0.717) is 11.4 Å². The minimum absolute atomic E-state index is 0.0704. The summed E-state index contributed by atoms with van der Waals surface area (Å²) in [7, 11) is 0. The Morgan fingerprint density at radius 1 is 1.21 bits per heavy atom. The number of hydrogen-bond acceptors (Lipinski definition) is 3. The number of carbonyl (C=O) groups excluding carboxylic acids is 1. The van der Waals surface area contributed by atoms with Gasteiger partial charge in [0.2, 0.25) is 0 Å². The molecule has 1 aromatic carbocycles. The fourth-order valence-corrected chi connectivity index (χ4v) is 2.55. The van der Waals surface area contributed by atoms with Gasteiger partial charge < -0.3 is 0 Å². The van der Waals surface area contributed by atoms with Crippen molar-refractivity contribution in [2.45, 2.75) is 13.8 Å². The molecule has 0 atom stereocenters. The first kappa shape index (κ1) is 15.8. The van der Waals surface area contributed by atoms with Gasteiger partial charge in [-0.05, 0) is 50.3 Å². The lowest BCUT2D eigenvalue weighted by atomic mass is 10.1. The Bertz CT molecular complexity index is 952. The summed E-state index contributed by atoms with van der Waals surface area (Å²) in [6, 6.07) is 7.94. The largest absolute Gasteiger partial charge is 0.295 e. The third kappa shape index (κ3) is 3.01. The van der Waals surface area contributed by atoms with Crippen LogP contribution in [0.15, 0.2) is 61.0 Å². The van der Waals surface area contributed by atoms with Gasteiger partial charge in [-0.25, -0.2) is 9.37 Å². The molecule has 2 aromatic heterocycles. The molecule has 24 heavy (non-hydrogen) atoms. The summed E-state index contributed by atoms with van der Waals surface area (Å²) in [6.07, 6.45) is 8.58. The number of nitrogens with zero attached hydrogens (tertiary/aromatic N) is 3. The predicted molar refractivity (Wildman–Crippen MR) is 92.3 cm³/mol. The smallest absolute Gasteiger partial charge is 0.153 e. The number of fused-ring (bicyclic) bond motifs is 1. The number of ketones is 1. The highest BCUT2D eigenvalue weighted by atomic mass is 19.1. The summed E-state index contributed by atoms with van der Waals surface area (Å²) in [5.41, 5.74) is 2.98. The molecule has 0 bridgehead atoms. The normalized spacial score (nSPS) is 12.2. The second-order valence-electron chi connectivity index (χ2n) is 5.32. The molecule has 0 aliphatic rings. The van der Waals surface area contributed by atoms with Crippen LogP contribution in [0.25, 0.3) is 22.3 Å². The Kier molecular flexibility index (Phi) is 4.33. The molecule has 5 heteroatoms. The van der Waals surface area contributed by atoms with E-state index in [1.165, 1.54) is 25.1 Å². The van der Waals surface area contributed by atoms with E-state index in [4.69, 9.17) is 0 Å². The molecule has 0 amide bonds. The van der Waals surface area contributed by atoms with Crippen LogP contribution in [0.4, 0.5) is 4.39 Å². The Morgan fingerprint density at radius 3 is 2.62 bits per heavy atom. The third-order valence-corrected chi connectivity index (χ3v) is 3.50. The lowest BCUT2D eigenvalue weighted by Gasteiger charge is -2.10. The van der Waals surface area contributed by atoms with E-state index < -0.39 is 0 Å². The number of rotatable bonds is 4. The van der Waals surface area contributed by atoms with Gasteiger partial charge in [0.25, 0.3) is 0 Å². The molecule has 3 aromatic rings. The van der Waals surface area contributed by atoms with Gasteiger partial charge in [-0.15, -0.1) is 0 Å². The Labute approximate surface area is 139 Å². The molecule has 0 unspecified atom stereocenters. The van der Waals surface area contributed by atoms with Gasteiger partial charge in [0.1, 0.15) is 11.6 Å². The fourth-order valence-electron chi connectivity index (χ4n) is 2.55. The molecule has 2 heterocycles. The van der Waals surface area contributed by atoms with Gasteiger partial charge in [0.05, 0.1) is 17.2 Å². The summed E-state index contributed by atoms with van der Waals surface area (Å²) >= 11 is 0.